The highest BCUT2D eigenvalue weighted by atomic mass is 16.5. The number of para-hydroxylation sites is 2. The van der Waals surface area contributed by atoms with Crippen molar-refractivity contribution in [2.45, 2.75) is 20.4 Å². The summed E-state index contributed by atoms with van der Waals surface area (Å²) in [6.45, 7) is 4.09. The van der Waals surface area contributed by atoms with E-state index in [2.05, 4.69) is 10.6 Å². The maximum absolute atomic E-state index is 12.0. The number of nitrogens with one attached hydrogen (secondary N) is 2. The molecule has 0 aliphatic rings. The largest absolute Gasteiger partial charge is 0.504 e. The highest BCUT2D eigenvalue weighted by Crippen LogP contribution is 2.29. The zero-order chi connectivity index (χ0) is 16.1. The van der Waals surface area contributed by atoms with Crippen LogP contribution in [-0.2, 0) is 6.54 Å². The molecule has 116 valence electrons. The van der Waals surface area contributed by atoms with E-state index in [1.165, 1.54) is 7.11 Å². The number of phenols is 1. The summed E-state index contributed by atoms with van der Waals surface area (Å²) in [4.78, 5) is 12.0. The molecule has 2 amide bonds. The lowest BCUT2D eigenvalue weighted by atomic mass is 10.1. The Balaban J connectivity index is 2.02. The number of anilines is 1. The summed E-state index contributed by atoms with van der Waals surface area (Å²) in [6.07, 6.45) is 0. The maximum Gasteiger partial charge on any atom is 0.319 e. The van der Waals surface area contributed by atoms with Crippen molar-refractivity contribution < 1.29 is 14.6 Å². The van der Waals surface area contributed by atoms with Crippen LogP contribution < -0.4 is 15.4 Å². The Kier molecular flexibility index (Phi) is 4.88. The number of hydrogen-bond acceptors (Lipinski definition) is 3. The molecule has 22 heavy (non-hydrogen) atoms. The van der Waals surface area contributed by atoms with Gasteiger partial charge in [0.2, 0.25) is 0 Å². The van der Waals surface area contributed by atoms with Crippen molar-refractivity contribution in [1.29, 1.82) is 0 Å². The molecule has 2 aromatic carbocycles. The van der Waals surface area contributed by atoms with E-state index in [-0.39, 0.29) is 18.3 Å². The Labute approximate surface area is 129 Å². The summed E-state index contributed by atoms with van der Waals surface area (Å²) in [5.74, 6) is 0.423. The van der Waals surface area contributed by atoms with Gasteiger partial charge in [-0.15, -0.1) is 0 Å². The van der Waals surface area contributed by atoms with Crippen LogP contribution in [0.25, 0.3) is 0 Å². The highest BCUT2D eigenvalue weighted by Gasteiger charge is 2.10. The Morgan fingerprint density at radius 2 is 1.77 bits per heavy atom. The monoisotopic (exact) mass is 300 g/mol. The van der Waals surface area contributed by atoms with Crippen molar-refractivity contribution in [1.82, 2.24) is 5.32 Å². The molecule has 0 unspecified atom stereocenters. The average Bonchev–Trinajstić information content (AvgIpc) is 2.50. The molecule has 2 aromatic rings. The molecule has 0 saturated heterocycles. The topological polar surface area (TPSA) is 70.6 Å². The van der Waals surface area contributed by atoms with Gasteiger partial charge in [0.1, 0.15) is 0 Å². The lowest BCUT2D eigenvalue weighted by molar-refractivity contribution is 0.251. The summed E-state index contributed by atoms with van der Waals surface area (Å²) in [6, 6.07) is 10.7. The van der Waals surface area contributed by atoms with Gasteiger partial charge in [0.05, 0.1) is 7.11 Å². The lowest BCUT2D eigenvalue weighted by Crippen LogP contribution is -2.28. The second kappa shape index (κ2) is 6.85. The molecule has 5 heteroatoms. The minimum absolute atomic E-state index is 0.0392. The number of ether oxygens (including phenoxy) is 1. The van der Waals surface area contributed by atoms with Crippen LogP contribution in [0.15, 0.2) is 36.4 Å². The molecule has 0 fully saturated rings. The smallest absolute Gasteiger partial charge is 0.319 e. The average molecular weight is 300 g/mol. The molecule has 0 spiro atoms. The van der Waals surface area contributed by atoms with E-state index in [4.69, 9.17) is 4.74 Å². The van der Waals surface area contributed by atoms with E-state index < -0.39 is 0 Å². The normalized spacial score (nSPS) is 10.1. The number of aromatic hydroxyl groups is 1. The van der Waals surface area contributed by atoms with Crippen molar-refractivity contribution in [3.63, 3.8) is 0 Å². The summed E-state index contributed by atoms with van der Waals surface area (Å²) < 4.78 is 5.04. The van der Waals surface area contributed by atoms with Gasteiger partial charge in [0, 0.05) is 17.8 Å². The molecule has 0 atom stereocenters. The van der Waals surface area contributed by atoms with Gasteiger partial charge in [-0.2, -0.15) is 0 Å². The first-order valence-electron chi connectivity index (χ1n) is 6.99. The summed E-state index contributed by atoms with van der Waals surface area (Å²) >= 11 is 0. The number of urea groups is 1. The van der Waals surface area contributed by atoms with Gasteiger partial charge < -0.3 is 20.5 Å². The van der Waals surface area contributed by atoms with Gasteiger partial charge in [-0.25, -0.2) is 4.79 Å². The Bertz CT molecular complexity index is 663. The minimum atomic E-state index is -0.320. The van der Waals surface area contributed by atoms with Gasteiger partial charge in [-0.1, -0.05) is 30.3 Å². The van der Waals surface area contributed by atoms with Crippen LogP contribution in [-0.4, -0.2) is 18.2 Å². The van der Waals surface area contributed by atoms with Crippen molar-refractivity contribution in [2.75, 3.05) is 12.4 Å². The standard InChI is InChI=1S/C17H20N2O3/c1-11-6-4-7-12(2)15(11)19-17(21)18-10-13-8-5-9-14(22-3)16(13)20/h4-9,20H,10H2,1-3H3,(H2,18,19,21). The fourth-order valence-electron chi connectivity index (χ4n) is 2.22. The number of phenolic OH excluding ortho intramolecular Hbond substituents is 1. The van der Waals surface area contributed by atoms with Crippen LogP contribution in [0, 0.1) is 13.8 Å². The Morgan fingerprint density at radius 3 is 2.41 bits per heavy atom. The van der Waals surface area contributed by atoms with E-state index in [1.807, 2.05) is 32.0 Å². The van der Waals surface area contributed by atoms with Gasteiger partial charge in [-0.3, -0.25) is 0 Å². The molecule has 5 nitrogen and oxygen atoms in total. The van der Waals surface area contributed by atoms with Gasteiger partial charge >= 0.3 is 6.03 Å². The SMILES string of the molecule is COc1cccc(CNC(=O)Nc2c(C)cccc2C)c1O. The molecular formula is C17H20N2O3. The van der Waals surface area contributed by atoms with E-state index in [1.54, 1.807) is 18.2 Å². The lowest BCUT2D eigenvalue weighted by Gasteiger charge is -2.13. The molecule has 0 aromatic heterocycles. The Hall–Kier alpha value is -2.69. The summed E-state index contributed by atoms with van der Waals surface area (Å²) in [7, 11) is 1.49. The zero-order valence-electron chi connectivity index (χ0n) is 12.9. The number of amides is 2. The van der Waals surface area contributed by atoms with Crippen LogP contribution in [0.4, 0.5) is 10.5 Å². The van der Waals surface area contributed by atoms with Crippen molar-refractivity contribution in [3.05, 3.63) is 53.1 Å². The van der Waals surface area contributed by atoms with E-state index >= 15 is 0 Å². The molecule has 0 aliphatic carbocycles. The number of rotatable bonds is 4. The number of benzene rings is 2. The third-order valence-corrected chi connectivity index (χ3v) is 3.46. The first-order chi connectivity index (χ1) is 10.5. The molecule has 3 N–H and O–H groups in total. The molecule has 2 rings (SSSR count). The number of carbonyl (C=O) groups is 1. The maximum atomic E-state index is 12.0. The predicted molar refractivity (Wildman–Crippen MR) is 86.4 cm³/mol. The van der Waals surface area contributed by atoms with Crippen LogP contribution in [0.3, 0.4) is 0 Å². The van der Waals surface area contributed by atoms with E-state index in [9.17, 15) is 9.90 Å². The number of hydrogen-bond donors (Lipinski definition) is 3. The van der Waals surface area contributed by atoms with Crippen LogP contribution >= 0.6 is 0 Å². The molecular weight excluding hydrogens is 280 g/mol. The third-order valence-electron chi connectivity index (χ3n) is 3.46. The molecule has 0 radical (unpaired) electrons. The molecule has 0 saturated carbocycles. The Morgan fingerprint density at radius 1 is 1.14 bits per heavy atom. The van der Waals surface area contributed by atoms with Crippen molar-refractivity contribution in [3.8, 4) is 11.5 Å². The fraction of sp³-hybridized carbons (Fsp3) is 0.235. The van der Waals surface area contributed by atoms with Crippen molar-refractivity contribution >= 4 is 11.7 Å². The van der Waals surface area contributed by atoms with Crippen LogP contribution in [0.2, 0.25) is 0 Å². The number of carbonyl (C=O) groups excluding carboxylic acids is 1. The third kappa shape index (κ3) is 3.49. The zero-order valence-corrected chi connectivity index (χ0v) is 12.9. The quantitative estimate of drug-likeness (QED) is 0.811. The second-order valence-electron chi connectivity index (χ2n) is 5.04. The molecule has 0 aliphatic heterocycles. The highest BCUT2D eigenvalue weighted by molar-refractivity contribution is 5.91. The molecule has 0 bridgehead atoms. The van der Waals surface area contributed by atoms with Gasteiger partial charge in [0.25, 0.3) is 0 Å². The van der Waals surface area contributed by atoms with Gasteiger partial charge in [0.15, 0.2) is 11.5 Å². The fourth-order valence-corrected chi connectivity index (χ4v) is 2.22. The number of aryl methyl sites for hydroxylation is 2. The predicted octanol–water partition coefficient (Wildman–Crippen LogP) is 3.34. The van der Waals surface area contributed by atoms with E-state index in [0.717, 1.165) is 16.8 Å². The number of methoxy groups -OCH3 is 1. The first-order valence-corrected chi connectivity index (χ1v) is 6.99. The molecule has 0 heterocycles. The van der Waals surface area contributed by atoms with Gasteiger partial charge in [-0.05, 0) is 31.0 Å². The van der Waals surface area contributed by atoms with Crippen LogP contribution in [0.5, 0.6) is 11.5 Å². The first kappa shape index (κ1) is 15.7. The summed E-state index contributed by atoms with van der Waals surface area (Å²) in [5.41, 5.74) is 3.39. The van der Waals surface area contributed by atoms with Crippen LogP contribution in [0.1, 0.15) is 16.7 Å². The van der Waals surface area contributed by atoms with Crippen molar-refractivity contribution in [2.24, 2.45) is 0 Å². The second-order valence-corrected chi connectivity index (χ2v) is 5.04. The summed E-state index contributed by atoms with van der Waals surface area (Å²) in [5, 5.41) is 15.5. The van der Waals surface area contributed by atoms with E-state index in [0.29, 0.717) is 11.3 Å². The minimum Gasteiger partial charge on any atom is -0.504 e.